The average Bonchev–Trinajstić information content (AvgIpc) is 2.60. The van der Waals surface area contributed by atoms with Gasteiger partial charge >= 0.3 is 17.1 Å². The van der Waals surface area contributed by atoms with Crippen LogP contribution in [-0.2, 0) is 13.5 Å². The maximum atomic E-state index is 12.3. The van der Waals surface area contributed by atoms with Crippen LogP contribution in [0.1, 0.15) is 18.1 Å². The summed E-state index contributed by atoms with van der Waals surface area (Å²) < 4.78 is 1.83. The van der Waals surface area contributed by atoms with E-state index in [1.807, 2.05) is 13.0 Å². The molecule has 3 aromatic rings. The highest BCUT2D eigenvalue weighted by atomic mass is 16.2. The second-order valence-electron chi connectivity index (χ2n) is 5.96. The molecule has 6 nitrogen and oxygen atoms in total. The maximum Gasteiger partial charge on any atom is 0.340 e. The lowest BCUT2D eigenvalue weighted by atomic mass is 9.98. The number of hydrogen-bond acceptors (Lipinski definition) is 3. The van der Waals surface area contributed by atoms with Crippen molar-refractivity contribution in [1.29, 1.82) is 0 Å². The van der Waals surface area contributed by atoms with Gasteiger partial charge in [-0.2, -0.15) is 0 Å². The Morgan fingerprint density at radius 3 is 2.24 bits per heavy atom. The molecule has 128 valence electrons. The van der Waals surface area contributed by atoms with E-state index in [1.54, 1.807) is 12.1 Å². The Labute approximate surface area is 144 Å². The van der Waals surface area contributed by atoms with Crippen LogP contribution in [0.5, 0.6) is 0 Å². The number of rotatable bonds is 3. The van der Waals surface area contributed by atoms with Crippen LogP contribution in [0, 0.1) is 6.92 Å². The summed E-state index contributed by atoms with van der Waals surface area (Å²) in [6.07, 6.45) is 0.983. The average molecular weight is 337 g/mol. The Hall–Kier alpha value is -3.15. The third kappa shape index (κ3) is 2.98. The molecule has 0 bridgehead atoms. The first-order chi connectivity index (χ1) is 11.9. The van der Waals surface area contributed by atoms with Crippen molar-refractivity contribution in [1.82, 2.24) is 14.1 Å². The van der Waals surface area contributed by atoms with Crippen molar-refractivity contribution in [2.45, 2.75) is 20.3 Å². The van der Waals surface area contributed by atoms with E-state index in [1.165, 1.54) is 12.6 Å². The number of aromatic nitrogens is 3. The smallest absolute Gasteiger partial charge is 0.258 e. The molecule has 0 atom stereocenters. The molecule has 0 aliphatic heterocycles. The van der Waals surface area contributed by atoms with Crippen molar-refractivity contribution in [2.75, 3.05) is 0 Å². The van der Waals surface area contributed by atoms with Gasteiger partial charge in [0.1, 0.15) is 0 Å². The molecule has 1 heterocycles. The van der Waals surface area contributed by atoms with Crippen molar-refractivity contribution in [3.8, 4) is 16.8 Å². The van der Waals surface area contributed by atoms with E-state index < -0.39 is 17.1 Å². The highest BCUT2D eigenvalue weighted by Gasteiger charge is 2.11. The van der Waals surface area contributed by atoms with Gasteiger partial charge in [-0.1, -0.05) is 37.3 Å². The monoisotopic (exact) mass is 337 g/mol. The van der Waals surface area contributed by atoms with E-state index in [2.05, 4.69) is 36.2 Å². The van der Waals surface area contributed by atoms with Crippen molar-refractivity contribution in [3.05, 3.63) is 85.0 Å². The normalized spacial score (nSPS) is 10.8. The number of H-pyrrole nitrogens is 1. The topological polar surface area (TPSA) is 76.9 Å². The number of hydrogen-bond donors (Lipinski definition) is 1. The first-order valence-electron chi connectivity index (χ1n) is 8.05. The number of nitrogens with one attached hydrogen (secondary N) is 1. The van der Waals surface area contributed by atoms with Crippen LogP contribution >= 0.6 is 0 Å². The van der Waals surface area contributed by atoms with E-state index in [9.17, 15) is 14.4 Å². The summed E-state index contributed by atoms with van der Waals surface area (Å²) >= 11 is 0. The lowest BCUT2D eigenvalue weighted by molar-refractivity contribution is 0.660. The summed E-state index contributed by atoms with van der Waals surface area (Å²) in [6, 6.07) is 13.7. The largest absolute Gasteiger partial charge is 0.340 e. The molecule has 0 aliphatic carbocycles. The molecule has 0 fully saturated rings. The van der Waals surface area contributed by atoms with E-state index in [0.29, 0.717) is 5.69 Å². The molecule has 25 heavy (non-hydrogen) atoms. The van der Waals surface area contributed by atoms with Gasteiger partial charge in [-0.3, -0.25) is 4.98 Å². The Morgan fingerprint density at radius 2 is 1.64 bits per heavy atom. The minimum absolute atomic E-state index is 0.424. The predicted molar refractivity (Wildman–Crippen MR) is 97.5 cm³/mol. The van der Waals surface area contributed by atoms with Gasteiger partial charge in [0.15, 0.2) is 0 Å². The molecule has 0 radical (unpaired) electrons. The van der Waals surface area contributed by atoms with Crippen LogP contribution in [0.3, 0.4) is 0 Å². The number of aromatic amines is 1. The molecule has 0 amide bonds. The lowest BCUT2D eigenvalue weighted by Crippen LogP contribution is -2.47. The molecule has 0 saturated carbocycles. The summed E-state index contributed by atoms with van der Waals surface area (Å²) in [5, 5.41) is 0. The third-order valence-corrected chi connectivity index (χ3v) is 4.34. The van der Waals surface area contributed by atoms with E-state index in [0.717, 1.165) is 32.2 Å². The van der Waals surface area contributed by atoms with Crippen LogP contribution in [0.15, 0.2) is 56.8 Å². The van der Waals surface area contributed by atoms with Crippen molar-refractivity contribution in [2.24, 2.45) is 7.05 Å². The van der Waals surface area contributed by atoms with Gasteiger partial charge in [0, 0.05) is 7.05 Å². The van der Waals surface area contributed by atoms with Gasteiger partial charge < -0.3 is 0 Å². The molecule has 0 saturated heterocycles. The highest BCUT2D eigenvalue weighted by molar-refractivity contribution is 5.68. The zero-order valence-corrected chi connectivity index (χ0v) is 14.4. The molecule has 0 unspecified atom stereocenters. The van der Waals surface area contributed by atoms with E-state index in [4.69, 9.17) is 0 Å². The van der Waals surface area contributed by atoms with Crippen LogP contribution in [-0.4, -0.2) is 14.1 Å². The fourth-order valence-corrected chi connectivity index (χ4v) is 2.81. The van der Waals surface area contributed by atoms with Gasteiger partial charge in [0.05, 0.1) is 5.69 Å². The quantitative estimate of drug-likeness (QED) is 0.791. The van der Waals surface area contributed by atoms with Gasteiger partial charge in [-0.25, -0.2) is 23.5 Å². The Kier molecular flexibility index (Phi) is 4.27. The summed E-state index contributed by atoms with van der Waals surface area (Å²) in [5.41, 5.74) is 2.58. The zero-order valence-electron chi connectivity index (χ0n) is 14.4. The van der Waals surface area contributed by atoms with Crippen LogP contribution < -0.4 is 17.1 Å². The standard InChI is InChI=1S/C19H19N3O3/c1-4-13-5-7-14(8-6-13)16-10-9-15(11-12(16)2)22-18(24)20-17(23)21(3)19(22)25/h5-11H,4H2,1-3H3,(H,20,23,24). The van der Waals surface area contributed by atoms with Crippen LogP contribution in [0.4, 0.5) is 0 Å². The van der Waals surface area contributed by atoms with Gasteiger partial charge in [0.25, 0.3) is 0 Å². The highest BCUT2D eigenvalue weighted by Crippen LogP contribution is 2.25. The molecule has 0 spiro atoms. The van der Waals surface area contributed by atoms with Crippen molar-refractivity contribution >= 4 is 0 Å². The van der Waals surface area contributed by atoms with Crippen molar-refractivity contribution in [3.63, 3.8) is 0 Å². The minimum Gasteiger partial charge on any atom is -0.258 e. The number of aryl methyl sites for hydroxylation is 2. The third-order valence-electron chi connectivity index (χ3n) is 4.34. The molecule has 1 aromatic heterocycles. The second-order valence-corrected chi connectivity index (χ2v) is 5.96. The van der Waals surface area contributed by atoms with Crippen molar-refractivity contribution < 1.29 is 0 Å². The fraction of sp³-hybridized carbons (Fsp3) is 0.211. The molecular formula is C19H19N3O3. The van der Waals surface area contributed by atoms with Gasteiger partial charge in [-0.15, -0.1) is 0 Å². The SMILES string of the molecule is CCc1ccc(-c2ccc(-n3c(=O)[nH]c(=O)n(C)c3=O)cc2C)cc1. The summed E-state index contributed by atoms with van der Waals surface area (Å²) in [4.78, 5) is 37.9. The Balaban J connectivity index is 2.12. The molecule has 0 aliphatic rings. The number of benzene rings is 2. The summed E-state index contributed by atoms with van der Waals surface area (Å²) in [6.45, 7) is 4.03. The van der Waals surface area contributed by atoms with Crippen LogP contribution in [0.2, 0.25) is 0 Å². The summed E-state index contributed by atoms with van der Waals surface area (Å²) in [7, 11) is 1.33. The molecule has 3 rings (SSSR count). The number of nitrogens with zero attached hydrogens (tertiary/aromatic N) is 2. The lowest BCUT2D eigenvalue weighted by Gasteiger charge is -2.11. The first-order valence-corrected chi connectivity index (χ1v) is 8.05. The fourth-order valence-electron chi connectivity index (χ4n) is 2.81. The van der Waals surface area contributed by atoms with E-state index >= 15 is 0 Å². The molecule has 1 N–H and O–H groups in total. The Bertz CT molecular complexity index is 1100. The Morgan fingerprint density at radius 1 is 0.960 bits per heavy atom. The first kappa shape index (κ1) is 16.7. The molecule has 2 aromatic carbocycles. The zero-order chi connectivity index (χ0) is 18.1. The van der Waals surface area contributed by atoms with E-state index in [-0.39, 0.29) is 0 Å². The van der Waals surface area contributed by atoms with Gasteiger partial charge in [0.2, 0.25) is 0 Å². The minimum atomic E-state index is -0.743. The molecular weight excluding hydrogens is 318 g/mol. The van der Waals surface area contributed by atoms with Crippen LogP contribution in [0.25, 0.3) is 16.8 Å². The molecule has 6 heteroatoms. The summed E-state index contributed by atoms with van der Waals surface area (Å²) in [5.74, 6) is 0. The second kappa shape index (κ2) is 6.39. The maximum absolute atomic E-state index is 12.3. The predicted octanol–water partition coefficient (Wildman–Crippen LogP) is 1.76. The van der Waals surface area contributed by atoms with Gasteiger partial charge in [-0.05, 0) is 47.7 Å².